The zero-order chi connectivity index (χ0) is 10.9. The highest BCUT2D eigenvalue weighted by molar-refractivity contribution is 5.17. The highest BCUT2D eigenvalue weighted by Gasteiger charge is 2.09. The van der Waals surface area contributed by atoms with Crippen LogP contribution < -0.4 is 0 Å². The number of rotatable bonds is 7. The van der Waals surface area contributed by atoms with E-state index in [4.69, 9.17) is 0 Å². The molecule has 0 aromatic heterocycles. The fourth-order valence-electron chi connectivity index (χ4n) is 2.02. The van der Waals surface area contributed by atoms with Gasteiger partial charge in [-0.3, -0.25) is 0 Å². The number of hydrogen-bond donors (Lipinski definition) is 0. The first-order valence-corrected chi connectivity index (χ1v) is 6.35. The quantitative estimate of drug-likeness (QED) is 0.588. The zero-order valence-corrected chi connectivity index (χ0v) is 10.1. The average Bonchev–Trinajstić information content (AvgIpc) is 2.30. The fraction of sp³-hybridized carbons (Fsp3) is 0.600. The van der Waals surface area contributed by atoms with Gasteiger partial charge in [0.05, 0.1) is 0 Å². The molecule has 0 spiro atoms. The molecule has 0 nitrogen and oxygen atoms in total. The summed E-state index contributed by atoms with van der Waals surface area (Å²) in [6.45, 7) is 4.54. The molecular formula is C15H23. The molecule has 0 amide bonds. The van der Waals surface area contributed by atoms with Crippen molar-refractivity contribution in [3.8, 4) is 0 Å². The van der Waals surface area contributed by atoms with Crippen LogP contribution in [0, 0.1) is 6.07 Å². The van der Waals surface area contributed by atoms with Crippen LogP contribution in [-0.4, -0.2) is 0 Å². The lowest BCUT2D eigenvalue weighted by Gasteiger charge is -2.16. The van der Waals surface area contributed by atoms with E-state index in [1.165, 1.54) is 44.1 Å². The third-order valence-corrected chi connectivity index (χ3v) is 2.99. The maximum atomic E-state index is 3.39. The molecule has 0 heteroatoms. The van der Waals surface area contributed by atoms with Crippen LogP contribution in [0.1, 0.15) is 63.9 Å². The van der Waals surface area contributed by atoms with Crippen molar-refractivity contribution < 1.29 is 0 Å². The minimum atomic E-state index is 0.742. The summed E-state index contributed by atoms with van der Waals surface area (Å²) in [5.74, 6) is 0.742. The van der Waals surface area contributed by atoms with Crippen LogP contribution >= 0.6 is 0 Å². The first-order valence-electron chi connectivity index (χ1n) is 6.35. The smallest absolute Gasteiger partial charge is 0.0146 e. The Balaban J connectivity index is 2.55. The van der Waals surface area contributed by atoms with Gasteiger partial charge < -0.3 is 0 Å². The van der Waals surface area contributed by atoms with Gasteiger partial charge in [0.15, 0.2) is 0 Å². The Kier molecular flexibility index (Phi) is 6.15. The third-order valence-electron chi connectivity index (χ3n) is 2.99. The van der Waals surface area contributed by atoms with Crippen LogP contribution in [0.4, 0.5) is 0 Å². The van der Waals surface area contributed by atoms with Crippen molar-refractivity contribution in [3.63, 3.8) is 0 Å². The maximum absolute atomic E-state index is 3.39. The Morgan fingerprint density at radius 3 is 2.20 bits per heavy atom. The molecule has 1 aromatic carbocycles. The van der Waals surface area contributed by atoms with E-state index in [-0.39, 0.29) is 0 Å². The van der Waals surface area contributed by atoms with Gasteiger partial charge in [0.2, 0.25) is 0 Å². The lowest BCUT2D eigenvalue weighted by molar-refractivity contribution is 0.524. The largest absolute Gasteiger partial charge is 0.0654 e. The van der Waals surface area contributed by atoms with Crippen LogP contribution in [0.5, 0.6) is 0 Å². The van der Waals surface area contributed by atoms with Crippen LogP contribution in [0.2, 0.25) is 0 Å². The van der Waals surface area contributed by atoms with Crippen molar-refractivity contribution in [2.45, 2.75) is 58.3 Å². The lowest BCUT2D eigenvalue weighted by Crippen LogP contribution is -1.99. The van der Waals surface area contributed by atoms with E-state index in [9.17, 15) is 0 Å². The minimum absolute atomic E-state index is 0.742. The summed E-state index contributed by atoms with van der Waals surface area (Å²) in [4.78, 5) is 0. The summed E-state index contributed by atoms with van der Waals surface area (Å²) in [6.07, 6.45) is 7.95. The van der Waals surface area contributed by atoms with Gasteiger partial charge in [-0.1, -0.05) is 63.8 Å². The van der Waals surface area contributed by atoms with Crippen molar-refractivity contribution in [3.05, 3.63) is 35.9 Å². The Morgan fingerprint density at radius 2 is 1.73 bits per heavy atom. The van der Waals surface area contributed by atoms with E-state index in [0.717, 1.165) is 5.92 Å². The van der Waals surface area contributed by atoms with Crippen LogP contribution in [0.3, 0.4) is 0 Å². The topological polar surface area (TPSA) is 0 Å². The van der Waals surface area contributed by atoms with Gasteiger partial charge in [-0.2, -0.15) is 0 Å². The molecule has 0 aliphatic carbocycles. The number of unbranched alkanes of at least 4 members (excludes halogenated alkanes) is 2. The standard InChI is InChI=1S/C15H23/c1-3-5-10-14(11-6-4-2)15-12-8-7-9-13-15/h7-9,12,14H,3-6,10-11H2,1-2H3. The molecule has 0 saturated carbocycles. The molecule has 0 aliphatic heterocycles. The highest BCUT2D eigenvalue weighted by Crippen LogP contribution is 2.26. The van der Waals surface area contributed by atoms with Gasteiger partial charge in [0.25, 0.3) is 0 Å². The molecule has 0 aliphatic rings. The van der Waals surface area contributed by atoms with E-state index < -0.39 is 0 Å². The van der Waals surface area contributed by atoms with Crippen LogP contribution in [0.15, 0.2) is 24.3 Å². The second-order valence-corrected chi connectivity index (χ2v) is 4.30. The lowest BCUT2D eigenvalue weighted by atomic mass is 9.89. The van der Waals surface area contributed by atoms with E-state index in [1.807, 2.05) is 6.07 Å². The molecule has 0 bridgehead atoms. The molecule has 0 N–H and O–H groups in total. The van der Waals surface area contributed by atoms with E-state index in [1.54, 1.807) is 0 Å². The second kappa shape index (κ2) is 7.50. The maximum Gasteiger partial charge on any atom is -0.0146 e. The Morgan fingerprint density at radius 1 is 1.07 bits per heavy atom. The molecule has 0 fully saturated rings. The molecule has 1 aromatic rings. The Bertz CT molecular complexity index is 229. The number of hydrogen-bond acceptors (Lipinski definition) is 0. The summed E-state index contributed by atoms with van der Waals surface area (Å²) < 4.78 is 0. The minimum Gasteiger partial charge on any atom is -0.0654 e. The molecule has 0 saturated heterocycles. The summed E-state index contributed by atoms with van der Waals surface area (Å²) in [5, 5.41) is 0. The molecular weight excluding hydrogens is 180 g/mol. The molecule has 0 atom stereocenters. The summed E-state index contributed by atoms with van der Waals surface area (Å²) in [6, 6.07) is 11.9. The molecule has 1 radical (unpaired) electrons. The molecule has 1 rings (SSSR count). The monoisotopic (exact) mass is 203 g/mol. The molecule has 0 unspecified atom stereocenters. The molecule has 15 heavy (non-hydrogen) atoms. The van der Waals surface area contributed by atoms with Gasteiger partial charge in [0.1, 0.15) is 0 Å². The normalized spacial score (nSPS) is 10.9. The predicted octanol–water partition coefficient (Wildman–Crippen LogP) is 4.95. The van der Waals surface area contributed by atoms with E-state index in [2.05, 4.69) is 38.1 Å². The van der Waals surface area contributed by atoms with Gasteiger partial charge in [-0.25, -0.2) is 0 Å². The summed E-state index contributed by atoms with van der Waals surface area (Å²) in [7, 11) is 0. The number of benzene rings is 1. The molecule has 83 valence electrons. The average molecular weight is 203 g/mol. The molecule has 0 heterocycles. The van der Waals surface area contributed by atoms with Crippen molar-refractivity contribution in [2.24, 2.45) is 0 Å². The van der Waals surface area contributed by atoms with Crippen molar-refractivity contribution in [1.82, 2.24) is 0 Å². The van der Waals surface area contributed by atoms with Crippen LogP contribution in [0.25, 0.3) is 0 Å². The summed E-state index contributed by atoms with van der Waals surface area (Å²) >= 11 is 0. The van der Waals surface area contributed by atoms with Gasteiger partial charge >= 0.3 is 0 Å². The predicted molar refractivity (Wildman–Crippen MR) is 67.1 cm³/mol. The Hall–Kier alpha value is -0.780. The van der Waals surface area contributed by atoms with Crippen LogP contribution in [-0.2, 0) is 0 Å². The summed E-state index contributed by atoms with van der Waals surface area (Å²) in [5.41, 5.74) is 1.42. The van der Waals surface area contributed by atoms with Gasteiger partial charge in [-0.05, 0) is 30.4 Å². The van der Waals surface area contributed by atoms with Crippen molar-refractivity contribution >= 4 is 0 Å². The van der Waals surface area contributed by atoms with Crippen molar-refractivity contribution in [1.29, 1.82) is 0 Å². The van der Waals surface area contributed by atoms with Gasteiger partial charge in [-0.15, -0.1) is 0 Å². The van der Waals surface area contributed by atoms with Gasteiger partial charge in [0, 0.05) is 0 Å². The first kappa shape index (κ1) is 12.3. The SMILES string of the molecule is CCCCC(CCCC)c1[c]cccc1. The fourth-order valence-corrected chi connectivity index (χ4v) is 2.02. The highest BCUT2D eigenvalue weighted by atomic mass is 14.1. The van der Waals surface area contributed by atoms with E-state index >= 15 is 0 Å². The third kappa shape index (κ3) is 4.51. The van der Waals surface area contributed by atoms with E-state index in [0.29, 0.717) is 0 Å². The zero-order valence-electron chi connectivity index (χ0n) is 10.1. The first-order chi connectivity index (χ1) is 7.38. The van der Waals surface area contributed by atoms with Crippen molar-refractivity contribution in [2.75, 3.05) is 0 Å². The Labute approximate surface area is 94.7 Å². The second-order valence-electron chi connectivity index (χ2n) is 4.30.